The predicted molar refractivity (Wildman–Crippen MR) is 97.8 cm³/mol. The lowest BCUT2D eigenvalue weighted by molar-refractivity contribution is 0.0941. The van der Waals surface area contributed by atoms with E-state index in [1.54, 1.807) is 7.11 Å². The van der Waals surface area contributed by atoms with Gasteiger partial charge in [-0.3, -0.25) is 9.10 Å². The number of benzene rings is 1. The van der Waals surface area contributed by atoms with Gasteiger partial charge in [-0.2, -0.15) is 0 Å². The fourth-order valence-corrected chi connectivity index (χ4v) is 5.52. The van der Waals surface area contributed by atoms with Gasteiger partial charge in [-0.15, -0.1) is 11.3 Å². The van der Waals surface area contributed by atoms with Crippen molar-refractivity contribution < 1.29 is 17.9 Å². The Labute approximate surface area is 151 Å². The number of aryl methyl sites for hydroxylation is 1. The van der Waals surface area contributed by atoms with Gasteiger partial charge < -0.3 is 10.1 Å². The molecule has 25 heavy (non-hydrogen) atoms. The maximum absolute atomic E-state index is 13.0. The van der Waals surface area contributed by atoms with Crippen LogP contribution in [0.25, 0.3) is 0 Å². The van der Waals surface area contributed by atoms with E-state index in [2.05, 4.69) is 5.32 Å². The molecular weight excluding hydrogens is 360 g/mol. The number of hydrogen-bond donors (Lipinski definition) is 1. The molecule has 6 nitrogen and oxygen atoms in total. The lowest BCUT2D eigenvalue weighted by Crippen LogP contribution is -2.35. The molecule has 1 aromatic heterocycles. The smallest absolute Gasteiger partial charge is 0.265 e. The van der Waals surface area contributed by atoms with Crippen molar-refractivity contribution in [2.45, 2.75) is 17.7 Å². The van der Waals surface area contributed by atoms with Crippen molar-refractivity contribution in [3.63, 3.8) is 0 Å². The summed E-state index contributed by atoms with van der Waals surface area (Å²) >= 11 is 1.13. The van der Waals surface area contributed by atoms with Crippen LogP contribution in [0.3, 0.4) is 0 Å². The second-order valence-corrected chi connectivity index (χ2v) is 8.48. The summed E-state index contributed by atoms with van der Waals surface area (Å²) in [5, 5.41) is 4.22. The number of nitrogens with one attached hydrogen (secondary N) is 1. The van der Waals surface area contributed by atoms with Crippen molar-refractivity contribution in [3.05, 3.63) is 46.2 Å². The molecule has 1 N–H and O–H groups in total. The molecule has 1 aromatic carbocycles. The van der Waals surface area contributed by atoms with Crippen LogP contribution in [0.15, 0.2) is 40.6 Å². The van der Waals surface area contributed by atoms with Crippen molar-refractivity contribution in [1.29, 1.82) is 0 Å². The van der Waals surface area contributed by atoms with E-state index < -0.39 is 10.0 Å². The summed E-state index contributed by atoms with van der Waals surface area (Å²) in [6.45, 7) is 1.24. The minimum atomic E-state index is -3.67. The number of ether oxygens (including phenoxy) is 1. The van der Waals surface area contributed by atoms with Crippen LogP contribution in [0.5, 0.6) is 0 Å². The molecule has 0 saturated carbocycles. The first-order chi connectivity index (χ1) is 12.0. The largest absolute Gasteiger partial charge is 0.383 e. The highest BCUT2D eigenvalue weighted by Crippen LogP contribution is 2.33. The summed E-state index contributed by atoms with van der Waals surface area (Å²) < 4.78 is 32.4. The summed E-state index contributed by atoms with van der Waals surface area (Å²) in [6.07, 6.45) is 1.66. The first-order valence-electron chi connectivity index (χ1n) is 8.00. The van der Waals surface area contributed by atoms with Crippen LogP contribution in [0, 0.1) is 0 Å². The normalized spacial score (nSPS) is 14.2. The molecule has 2 aromatic rings. The Morgan fingerprint density at radius 1 is 1.36 bits per heavy atom. The third-order valence-electron chi connectivity index (χ3n) is 4.05. The molecule has 0 radical (unpaired) electrons. The Kier molecular flexibility index (Phi) is 5.41. The van der Waals surface area contributed by atoms with Crippen LogP contribution in [0.4, 0.5) is 5.69 Å². The molecule has 1 aliphatic heterocycles. The van der Waals surface area contributed by atoms with E-state index in [-0.39, 0.29) is 10.8 Å². The Bertz CT molecular complexity index is 861. The molecule has 3 rings (SSSR count). The minimum Gasteiger partial charge on any atom is -0.383 e. The Morgan fingerprint density at radius 3 is 2.96 bits per heavy atom. The van der Waals surface area contributed by atoms with Gasteiger partial charge in [0.2, 0.25) is 0 Å². The van der Waals surface area contributed by atoms with E-state index in [4.69, 9.17) is 4.74 Å². The molecule has 1 amide bonds. The van der Waals surface area contributed by atoms with Gasteiger partial charge in [0.1, 0.15) is 0 Å². The number of carbonyl (C=O) groups is 1. The summed E-state index contributed by atoms with van der Waals surface area (Å²) in [6, 6.07) is 8.99. The number of amides is 1. The molecule has 0 spiro atoms. The van der Waals surface area contributed by atoms with E-state index in [1.165, 1.54) is 15.8 Å². The molecule has 0 unspecified atom stereocenters. The Hall–Kier alpha value is -1.90. The number of rotatable bonds is 6. The number of carbonyl (C=O) groups excluding carboxylic acids is 1. The van der Waals surface area contributed by atoms with Crippen molar-refractivity contribution >= 4 is 33.0 Å². The number of methoxy groups -OCH3 is 1. The zero-order chi connectivity index (χ0) is 17.9. The fourth-order valence-electron chi connectivity index (χ4n) is 2.80. The van der Waals surface area contributed by atoms with E-state index in [9.17, 15) is 13.2 Å². The van der Waals surface area contributed by atoms with Gasteiger partial charge in [0, 0.05) is 25.6 Å². The van der Waals surface area contributed by atoms with Crippen LogP contribution in [-0.2, 0) is 21.2 Å². The van der Waals surface area contributed by atoms with Crippen LogP contribution in [0.1, 0.15) is 21.7 Å². The molecule has 134 valence electrons. The molecule has 2 heterocycles. The average Bonchev–Trinajstić information content (AvgIpc) is 3.12. The van der Waals surface area contributed by atoms with Crippen molar-refractivity contribution in [1.82, 2.24) is 5.32 Å². The predicted octanol–water partition coefficient (Wildman–Crippen LogP) is 2.27. The highest BCUT2D eigenvalue weighted by molar-refractivity contribution is 7.93. The SMILES string of the molecule is COCCNC(=O)c1cc(S(=O)(=O)N2CCCc3ccccc32)cs1. The van der Waals surface area contributed by atoms with Crippen LogP contribution >= 0.6 is 11.3 Å². The minimum absolute atomic E-state index is 0.158. The fraction of sp³-hybridized carbons (Fsp3) is 0.353. The highest BCUT2D eigenvalue weighted by Gasteiger charge is 2.30. The van der Waals surface area contributed by atoms with Crippen LogP contribution < -0.4 is 9.62 Å². The molecule has 0 aliphatic carbocycles. The maximum atomic E-state index is 13.0. The summed E-state index contributed by atoms with van der Waals surface area (Å²) in [5.74, 6) is -0.289. The zero-order valence-corrected chi connectivity index (χ0v) is 15.5. The third kappa shape index (κ3) is 3.70. The van der Waals surface area contributed by atoms with Gasteiger partial charge in [-0.25, -0.2) is 8.42 Å². The van der Waals surface area contributed by atoms with Gasteiger partial charge in [0.15, 0.2) is 0 Å². The molecule has 0 atom stereocenters. The van der Waals surface area contributed by atoms with Crippen molar-refractivity contribution in [2.24, 2.45) is 0 Å². The molecule has 0 saturated heterocycles. The monoisotopic (exact) mass is 380 g/mol. The highest BCUT2D eigenvalue weighted by atomic mass is 32.2. The van der Waals surface area contributed by atoms with Crippen molar-refractivity contribution in [3.8, 4) is 0 Å². The number of fused-ring (bicyclic) bond motifs is 1. The summed E-state index contributed by atoms with van der Waals surface area (Å²) in [5.41, 5.74) is 1.76. The van der Waals surface area contributed by atoms with Crippen molar-refractivity contribution in [2.75, 3.05) is 31.1 Å². The number of thiophene rings is 1. The number of sulfonamides is 1. The van der Waals surface area contributed by atoms with Crippen LogP contribution in [0.2, 0.25) is 0 Å². The quantitative estimate of drug-likeness (QED) is 0.780. The number of nitrogens with zero attached hydrogens (tertiary/aromatic N) is 1. The van der Waals surface area contributed by atoms with Gasteiger partial charge in [-0.05, 0) is 30.5 Å². The Balaban J connectivity index is 1.84. The average molecular weight is 380 g/mol. The van der Waals surface area contributed by atoms with Crippen LogP contribution in [-0.4, -0.2) is 41.1 Å². The third-order valence-corrected chi connectivity index (χ3v) is 6.92. The second-order valence-electron chi connectivity index (χ2n) is 5.70. The van der Waals surface area contributed by atoms with Gasteiger partial charge in [0.05, 0.1) is 22.1 Å². The van der Waals surface area contributed by atoms with Gasteiger partial charge >= 0.3 is 0 Å². The molecule has 8 heteroatoms. The summed E-state index contributed by atoms with van der Waals surface area (Å²) in [4.78, 5) is 12.6. The second kappa shape index (κ2) is 7.55. The maximum Gasteiger partial charge on any atom is 0.265 e. The summed E-state index contributed by atoms with van der Waals surface area (Å²) in [7, 11) is -2.12. The molecule has 0 fully saturated rings. The molecule has 1 aliphatic rings. The lowest BCUT2D eigenvalue weighted by Gasteiger charge is -2.30. The number of hydrogen-bond acceptors (Lipinski definition) is 5. The first kappa shape index (κ1) is 17.9. The Morgan fingerprint density at radius 2 is 2.16 bits per heavy atom. The van der Waals surface area contributed by atoms with E-state index >= 15 is 0 Å². The van der Waals surface area contributed by atoms with Gasteiger partial charge in [-0.1, -0.05) is 18.2 Å². The van der Waals surface area contributed by atoms with Gasteiger partial charge in [0.25, 0.3) is 15.9 Å². The van der Waals surface area contributed by atoms with E-state index in [0.717, 1.165) is 35.4 Å². The first-order valence-corrected chi connectivity index (χ1v) is 10.3. The topological polar surface area (TPSA) is 75.7 Å². The standard InChI is InChI=1S/C17H20N2O4S2/c1-23-10-8-18-17(20)16-11-14(12-24-16)25(21,22)19-9-4-6-13-5-2-3-7-15(13)19/h2-3,5,7,11-12H,4,6,8-10H2,1H3,(H,18,20). The van der Waals surface area contributed by atoms with E-state index in [0.29, 0.717) is 24.6 Å². The molecule has 0 bridgehead atoms. The zero-order valence-electron chi connectivity index (χ0n) is 13.9. The number of para-hydroxylation sites is 1. The number of anilines is 1. The van der Waals surface area contributed by atoms with E-state index in [1.807, 2.05) is 24.3 Å². The lowest BCUT2D eigenvalue weighted by atomic mass is 10.0. The molecular formula is C17H20N2O4S2.